The minimum Gasteiger partial charge on any atom is -0.467 e. The van der Waals surface area contributed by atoms with E-state index < -0.39 is 16.9 Å². The Morgan fingerprint density at radius 2 is 2.00 bits per heavy atom. The van der Waals surface area contributed by atoms with Crippen LogP contribution in [0.2, 0.25) is 0 Å². The lowest BCUT2D eigenvalue weighted by Gasteiger charge is -2.14. The summed E-state index contributed by atoms with van der Waals surface area (Å²) in [4.78, 5) is 10.6. The van der Waals surface area contributed by atoms with Crippen LogP contribution in [0.5, 0.6) is 0 Å². The monoisotopic (exact) mass is 258 g/mol. The molecule has 0 aliphatic carbocycles. The highest BCUT2D eigenvalue weighted by Crippen LogP contribution is 2.26. The van der Waals surface area contributed by atoms with Gasteiger partial charge < -0.3 is 9.84 Å². The molecule has 0 radical (unpaired) electrons. The molecule has 2 atom stereocenters. The van der Waals surface area contributed by atoms with Gasteiger partial charge in [0.2, 0.25) is 0 Å². The maximum absolute atomic E-state index is 11.0. The van der Waals surface area contributed by atoms with Gasteiger partial charge in [0.05, 0.1) is 11.9 Å². The summed E-state index contributed by atoms with van der Waals surface area (Å²) in [7, 11) is 1.25. The normalized spacial score (nSPS) is 14.5. The molecule has 0 unspecified atom stereocenters. The van der Waals surface area contributed by atoms with Crippen molar-refractivity contribution >= 4 is 21.9 Å². The largest absolute Gasteiger partial charge is 0.467 e. The molecule has 0 heterocycles. The van der Waals surface area contributed by atoms with E-state index in [-0.39, 0.29) is 0 Å². The number of carbonyl (C=O) groups excluding carboxylic acids is 1. The van der Waals surface area contributed by atoms with Crippen LogP contribution in [-0.4, -0.2) is 24.3 Å². The molecule has 0 amide bonds. The molecule has 0 saturated carbocycles. The van der Waals surface area contributed by atoms with E-state index in [9.17, 15) is 9.90 Å². The third kappa shape index (κ3) is 2.56. The Morgan fingerprint density at radius 3 is 2.50 bits per heavy atom. The van der Waals surface area contributed by atoms with E-state index >= 15 is 0 Å². The lowest BCUT2D eigenvalue weighted by Crippen LogP contribution is -2.26. The first kappa shape index (κ1) is 11.2. The van der Waals surface area contributed by atoms with Crippen molar-refractivity contribution in [1.82, 2.24) is 0 Å². The Labute approximate surface area is 90.8 Å². The van der Waals surface area contributed by atoms with Gasteiger partial charge in [0.15, 0.2) is 6.10 Å². The van der Waals surface area contributed by atoms with Crippen LogP contribution >= 0.6 is 15.9 Å². The Hall–Kier alpha value is -0.870. The van der Waals surface area contributed by atoms with Gasteiger partial charge in [-0.3, -0.25) is 0 Å². The van der Waals surface area contributed by atoms with Crippen molar-refractivity contribution < 1.29 is 14.6 Å². The second-order valence-electron chi connectivity index (χ2n) is 2.78. The van der Waals surface area contributed by atoms with Gasteiger partial charge in [-0.2, -0.15) is 0 Å². The second-order valence-corrected chi connectivity index (χ2v) is 3.77. The Bertz CT molecular complexity index is 299. The summed E-state index contributed by atoms with van der Waals surface area (Å²) < 4.78 is 4.44. The summed E-state index contributed by atoms with van der Waals surface area (Å²) in [5, 5.41) is 9.52. The van der Waals surface area contributed by atoms with Crippen LogP contribution < -0.4 is 0 Å². The van der Waals surface area contributed by atoms with Crippen LogP contribution in [-0.2, 0) is 9.53 Å². The highest BCUT2D eigenvalue weighted by molar-refractivity contribution is 9.09. The molecule has 76 valence electrons. The van der Waals surface area contributed by atoms with Crippen LogP contribution in [0, 0.1) is 0 Å². The minimum atomic E-state index is -1.18. The molecule has 0 aromatic heterocycles. The molecule has 0 saturated heterocycles. The van der Waals surface area contributed by atoms with Crippen LogP contribution in [0.25, 0.3) is 0 Å². The second kappa shape index (κ2) is 5.12. The number of esters is 1. The predicted octanol–water partition coefficient (Wildman–Crippen LogP) is 1.66. The molecule has 14 heavy (non-hydrogen) atoms. The molecule has 0 bridgehead atoms. The van der Waals surface area contributed by atoms with Gasteiger partial charge in [-0.1, -0.05) is 46.3 Å². The predicted molar refractivity (Wildman–Crippen MR) is 56.1 cm³/mol. The standard InChI is InChI=1S/C10H11BrO3/c1-14-10(13)9(12)8(11)7-5-3-2-4-6-7/h2-6,8-9,12H,1H3/t8-,9-/m0/s1. The quantitative estimate of drug-likeness (QED) is 0.663. The van der Waals surface area contributed by atoms with Crippen molar-refractivity contribution in [2.45, 2.75) is 10.9 Å². The average Bonchev–Trinajstić information content (AvgIpc) is 2.27. The first-order chi connectivity index (χ1) is 6.66. The zero-order valence-corrected chi connectivity index (χ0v) is 9.27. The van der Waals surface area contributed by atoms with Crippen LogP contribution in [0.3, 0.4) is 0 Å². The van der Waals surface area contributed by atoms with Crippen LogP contribution in [0.1, 0.15) is 10.4 Å². The van der Waals surface area contributed by atoms with E-state index in [0.717, 1.165) is 5.56 Å². The summed E-state index contributed by atoms with van der Waals surface area (Å²) >= 11 is 3.24. The molecular formula is C10H11BrO3. The third-order valence-electron chi connectivity index (χ3n) is 1.84. The number of rotatable bonds is 3. The zero-order valence-electron chi connectivity index (χ0n) is 7.68. The molecule has 0 fully saturated rings. The maximum Gasteiger partial charge on any atom is 0.336 e. The van der Waals surface area contributed by atoms with Crippen LogP contribution in [0.15, 0.2) is 30.3 Å². The summed E-state index contributed by atoms with van der Waals surface area (Å²) in [6.07, 6.45) is -1.18. The van der Waals surface area contributed by atoms with Gasteiger partial charge in [0.1, 0.15) is 0 Å². The Kier molecular flexibility index (Phi) is 4.10. The topological polar surface area (TPSA) is 46.5 Å². The van der Waals surface area contributed by atoms with Gasteiger partial charge in [0, 0.05) is 0 Å². The number of ether oxygens (including phenoxy) is 1. The van der Waals surface area contributed by atoms with E-state index in [4.69, 9.17) is 0 Å². The van der Waals surface area contributed by atoms with Gasteiger partial charge in [-0.15, -0.1) is 0 Å². The molecule has 1 N–H and O–H groups in total. The van der Waals surface area contributed by atoms with Crippen molar-refractivity contribution in [3.8, 4) is 0 Å². The fraction of sp³-hybridized carbons (Fsp3) is 0.300. The molecule has 0 aliphatic rings. The van der Waals surface area contributed by atoms with E-state index in [1.807, 2.05) is 30.3 Å². The lowest BCUT2D eigenvalue weighted by atomic mass is 10.1. The fourth-order valence-electron chi connectivity index (χ4n) is 1.06. The molecule has 1 aromatic rings. The molecule has 4 heteroatoms. The number of hydrogen-bond donors (Lipinski definition) is 1. The van der Waals surface area contributed by atoms with Gasteiger partial charge >= 0.3 is 5.97 Å². The highest BCUT2D eigenvalue weighted by atomic mass is 79.9. The SMILES string of the molecule is COC(=O)[C@@H](O)[C@@H](Br)c1ccccc1. The zero-order chi connectivity index (χ0) is 10.6. The number of alkyl halides is 1. The fourth-order valence-corrected chi connectivity index (χ4v) is 1.58. The first-order valence-electron chi connectivity index (χ1n) is 4.11. The van der Waals surface area contributed by atoms with Crippen molar-refractivity contribution in [2.24, 2.45) is 0 Å². The number of benzene rings is 1. The molecule has 0 spiro atoms. The molecule has 1 rings (SSSR count). The number of halogens is 1. The van der Waals surface area contributed by atoms with Crippen molar-refractivity contribution in [3.05, 3.63) is 35.9 Å². The van der Waals surface area contributed by atoms with Gasteiger partial charge in [-0.25, -0.2) is 4.79 Å². The van der Waals surface area contributed by atoms with Crippen molar-refractivity contribution in [3.63, 3.8) is 0 Å². The smallest absolute Gasteiger partial charge is 0.336 e. The minimum absolute atomic E-state index is 0.434. The van der Waals surface area contributed by atoms with Crippen molar-refractivity contribution in [2.75, 3.05) is 7.11 Å². The average molecular weight is 259 g/mol. The molecule has 1 aromatic carbocycles. The number of hydrogen-bond acceptors (Lipinski definition) is 3. The summed E-state index contributed by atoms with van der Waals surface area (Å²) in [6.45, 7) is 0. The van der Waals surface area contributed by atoms with Crippen molar-refractivity contribution in [1.29, 1.82) is 0 Å². The molecular weight excluding hydrogens is 248 g/mol. The number of aliphatic hydroxyl groups is 1. The van der Waals surface area contributed by atoms with E-state index in [0.29, 0.717) is 0 Å². The maximum atomic E-state index is 11.0. The molecule has 0 aliphatic heterocycles. The number of aliphatic hydroxyl groups excluding tert-OH is 1. The molecule has 3 nitrogen and oxygen atoms in total. The highest BCUT2D eigenvalue weighted by Gasteiger charge is 2.25. The third-order valence-corrected chi connectivity index (χ3v) is 2.87. The summed E-state index contributed by atoms with van der Waals surface area (Å²) in [5.74, 6) is -0.643. The number of carbonyl (C=O) groups is 1. The van der Waals surface area contributed by atoms with E-state index in [1.54, 1.807) is 0 Å². The van der Waals surface area contributed by atoms with E-state index in [2.05, 4.69) is 20.7 Å². The van der Waals surface area contributed by atoms with Gasteiger partial charge in [-0.05, 0) is 5.56 Å². The first-order valence-corrected chi connectivity index (χ1v) is 5.03. The number of methoxy groups -OCH3 is 1. The lowest BCUT2D eigenvalue weighted by molar-refractivity contribution is -0.150. The van der Waals surface area contributed by atoms with E-state index in [1.165, 1.54) is 7.11 Å². The summed E-state index contributed by atoms with van der Waals surface area (Å²) in [6, 6.07) is 9.20. The summed E-state index contributed by atoms with van der Waals surface area (Å²) in [5.41, 5.74) is 0.838. The Balaban J connectivity index is 2.75. The Morgan fingerprint density at radius 1 is 1.43 bits per heavy atom. The van der Waals surface area contributed by atoms with Crippen LogP contribution in [0.4, 0.5) is 0 Å². The van der Waals surface area contributed by atoms with Gasteiger partial charge in [0.25, 0.3) is 0 Å².